The van der Waals surface area contributed by atoms with Crippen LogP contribution >= 0.6 is 15.9 Å². The monoisotopic (exact) mass is 463 g/mol. The predicted molar refractivity (Wildman–Crippen MR) is 97.1 cm³/mol. The van der Waals surface area contributed by atoms with Gasteiger partial charge < -0.3 is 15.8 Å². The van der Waals surface area contributed by atoms with E-state index in [9.17, 15) is 18.0 Å². The topological polar surface area (TPSA) is 159 Å². The minimum Gasteiger partial charge on any atom is -0.409 e. The Morgan fingerprint density at radius 1 is 1.52 bits per heavy atom. The molecular formula is C13H15BrFN7O4S. The van der Waals surface area contributed by atoms with Crippen LogP contribution in [0.2, 0.25) is 0 Å². The Hall–Kier alpha value is -2.29. The molecule has 0 bridgehead atoms. The van der Waals surface area contributed by atoms with Crippen LogP contribution in [0.25, 0.3) is 0 Å². The molecule has 0 amide bonds. The van der Waals surface area contributed by atoms with Crippen LogP contribution in [0.15, 0.2) is 32.5 Å². The lowest BCUT2D eigenvalue weighted by molar-refractivity contribution is 0.210. The number of amidine groups is 1. The normalized spacial score (nSPS) is 18.2. The van der Waals surface area contributed by atoms with Gasteiger partial charge in [-0.05, 0) is 50.9 Å². The number of oxime groups is 1. The molecule has 1 aromatic heterocycles. The summed E-state index contributed by atoms with van der Waals surface area (Å²) in [6.07, 6.45) is 0.632. The molecule has 14 heteroatoms. The van der Waals surface area contributed by atoms with Gasteiger partial charge in [-0.3, -0.25) is 0 Å². The summed E-state index contributed by atoms with van der Waals surface area (Å²) in [5.41, 5.74) is 0.476. The summed E-state index contributed by atoms with van der Waals surface area (Å²) in [7, 11) is -3.76. The third-order valence-electron chi connectivity index (χ3n) is 3.92. The fourth-order valence-corrected chi connectivity index (χ4v) is 3.81. The molecule has 1 atom stereocenters. The molecule has 2 heterocycles. The van der Waals surface area contributed by atoms with Gasteiger partial charge in [0.15, 0.2) is 5.69 Å². The molecule has 2 aromatic rings. The molecule has 0 saturated carbocycles. The first-order chi connectivity index (χ1) is 12.8. The van der Waals surface area contributed by atoms with E-state index in [4.69, 9.17) is 5.14 Å². The van der Waals surface area contributed by atoms with E-state index in [1.807, 2.05) is 0 Å². The Morgan fingerprint density at radius 3 is 2.89 bits per heavy atom. The van der Waals surface area contributed by atoms with Crippen molar-refractivity contribution >= 4 is 43.5 Å². The summed E-state index contributed by atoms with van der Waals surface area (Å²) in [5, 5.41) is 30.5. The Morgan fingerprint density at radius 2 is 2.30 bits per heavy atom. The highest BCUT2D eigenvalue weighted by atomic mass is 79.9. The first-order valence-corrected chi connectivity index (χ1v) is 9.89. The quantitative estimate of drug-likeness (QED) is 0.213. The van der Waals surface area contributed by atoms with E-state index < -0.39 is 16.0 Å². The van der Waals surface area contributed by atoms with Gasteiger partial charge >= 0.3 is 0 Å². The number of aromatic nitrogens is 2. The van der Waals surface area contributed by atoms with Gasteiger partial charge in [0.1, 0.15) is 5.82 Å². The first kappa shape index (κ1) is 19.5. The van der Waals surface area contributed by atoms with E-state index in [2.05, 4.69) is 46.7 Å². The van der Waals surface area contributed by atoms with Gasteiger partial charge in [-0.1, -0.05) is 5.16 Å². The second kappa shape index (κ2) is 7.75. The highest BCUT2D eigenvalue weighted by Crippen LogP contribution is 2.23. The number of halogens is 2. The molecule has 5 N–H and O–H groups in total. The van der Waals surface area contributed by atoms with Crippen LogP contribution in [-0.2, 0) is 10.2 Å². The van der Waals surface area contributed by atoms with E-state index in [0.29, 0.717) is 18.7 Å². The third kappa shape index (κ3) is 4.35. The highest BCUT2D eigenvalue weighted by Gasteiger charge is 2.35. The number of nitrogens with one attached hydrogen (secondary N) is 2. The summed E-state index contributed by atoms with van der Waals surface area (Å²) in [5.74, 6) is -0.416. The van der Waals surface area contributed by atoms with Crippen molar-refractivity contribution in [3.05, 3.63) is 34.2 Å². The maximum atomic E-state index is 13.3. The number of rotatable bonds is 6. The molecular weight excluding hydrogens is 449 g/mol. The zero-order valence-electron chi connectivity index (χ0n) is 13.6. The van der Waals surface area contributed by atoms with Gasteiger partial charge in [0.2, 0.25) is 11.7 Å². The molecule has 0 radical (unpaired) electrons. The lowest BCUT2D eigenvalue weighted by Crippen LogP contribution is -2.56. The van der Waals surface area contributed by atoms with Crippen molar-refractivity contribution in [2.45, 2.75) is 12.5 Å². The Labute approximate surface area is 161 Å². The van der Waals surface area contributed by atoms with E-state index in [1.165, 1.54) is 18.2 Å². The molecule has 1 saturated heterocycles. The molecule has 11 nitrogen and oxygen atoms in total. The summed E-state index contributed by atoms with van der Waals surface area (Å²) in [4.78, 5) is 0. The van der Waals surface area contributed by atoms with Crippen molar-refractivity contribution in [1.82, 2.24) is 14.6 Å². The number of hydrogen-bond donors (Lipinski definition) is 4. The van der Waals surface area contributed by atoms with Gasteiger partial charge in [0, 0.05) is 24.8 Å². The second-order valence-electron chi connectivity index (χ2n) is 5.64. The maximum absolute atomic E-state index is 13.3. The van der Waals surface area contributed by atoms with Crippen LogP contribution in [0, 0.1) is 5.82 Å². The molecule has 1 fully saturated rings. The van der Waals surface area contributed by atoms with Crippen molar-refractivity contribution in [1.29, 1.82) is 0 Å². The van der Waals surface area contributed by atoms with Crippen LogP contribution in [0.1, 0.15) is 12.1 Å². The molecule has 1 aliphatic rings. The summed E-state index contributed by atoms with van der Waals surface area (Å²) in [6, 6.07) is 3.77. The second-order valence-corrected chi connectivity index (χ2v) is 8.00. The van der Waals surface area contributed by atoms with Crippen LogP contribution < -0.4 is 15.8 Å². The molecule has 3 rings (SSSR count). The van der Waals surface area contributed by atoms with Crippen molar-refractivity contribution < 1.29 is 22.6 Å². The van der Waals surface area contributed by atoms with Gasteiger partial charge in [0.05, 0.1) is 4.47 Å². The summed E-state index contributed by atoms with van der Waals surface area (Å²) >= 11 is 3.06. The van der Waals surface area contributed by atoms with E-state index in [0.717, 1.165) is 4.31 Å². The molecule has 1 aliphatic heterocycles. The molecule has 1 unspecified atom stereocenters. The van der Waals surface area contributed by atoms with Crippen LogP contribution in [0.3, 0.4) is 0 Å². The smallest absolute Gasteiger partial charge is 0.277 e. The number of hydrogen-bond acceptors (Lipinski definition) is 8. The lowest BCUT2D eigenvalue weighted by atomic mass is 10.1. The predicted octanol–water partition coefficient (Wildman–Crippen LogP) is 0.909. The Balaban J connectivity index is 1.70. The van der Waals surface area contributed by atoms with Crippen molar-refractivity contribution in [3.8, 4) is 0 Å². The maximum Gasteiger partial charge on any atom is 0.277 e. The van der Waals surface area contributed by atoms with Crippen LogP contribution in [0.5, 0.6) is 0 Å². The standard InChI is InChI=1S/C13H15BrFN7O4S/c14-9-5-7(1-2-10(9)15)18-13(19-23)11-12(21-26-20-11)17-6-8-3-4-22(8)27(16,24)25/h1-2,5,8,23H,3-4,6H2,(H,17,21)(H,18,19)(H2,16,24,25). The minimum absolute atomic E-state index is 0.0550. The molecule has 146 valence electrons. The zero-order valence-corrected chi connectivity index (χ0v) is 16.0. The average Bonchev–Trinajstić information content (AvgIpc) is 3.01. The largest absolute Gasteiger partial charge is 0.409 e. The number of benzene rings is 1. The molecule has 27 heavy (non-hydrogen) atoms. The summed E-state index contributed by atoms with van der Waals surface area (Å²) < 4.78 is 42.2. The third-order valence-corrected chi connectivity index (χ3v) is 5.66. The van der Waals surface area contributed by atoms with Crippen molar-refractivity contribution in [2.75, 3.05) is 23.7 Å². The average molecular weight is 464 g/mol. The molecule has 0 spiro atoms. The fourth-order valence-electron chi connectivity index (χ4n) is 2.47. The SMILES string of the molecule is NS(=O)(=O)N1CCC1CNc1nonc1/C(=N/O)Nc1ccc(F)c(Br)c1. The van der Waals surface area contributed by atoms with Crippen molar-refractivity contribution in [3.63, 3.8) is 0 Å². The van der Waals surface area contributed by atoms with Crippen LogP contribution in [0.4, 0.5) is 15.9 Å². The van der Waals surface area contributed by atoms with E-state index in [1.54, 1.807) is 0 Å². The minimum atomic E-state index is -3.76. The number of anilines is 2. The molecule has 0 aliphatic carbocycles. The number of nitrogens with zero attached hydrogens (tertiary/aromatic N) is 4. The van der Waals surface area contributed by atoms with Gasteiger partial charge in [-0.25, -0.2) is 14.2 Å². The number of nitrogens with two attached hydrogens (primary N) is 1. The molecule has 1 aromatic carbocycles. The highest BCUT2D eigenvalue weighted by molar-refractivity contribution is 9.10. The fraction of sp³-hybridized carbons (Fsp3) is 0.308. The van der Waals surface area contributed by atoms with E-state index in [-0.39, 0.29) is 34.4 Å². The van der Waals surface area contributed by atoms with Crippen molar-refractivity contribution in [2.24, 2.45) is 10.3 Å². The van der Waals surface area contributed by atoms with Gasteiger partial charge in [-0.2, -0.15) is 12.7 Å². The van der Waals surface area contributed by atoms with Crippen LogP contribution in [-0.4, -0.2) is 53.2 Å². The van der Waals surface area contributed by atoms with E-state index >= 15 is 0 Å². The first-order valence-electron chi connectivity index (χ1n) is 7.60. The Kier molecular flexibility index (Phi) is 5.59. The Bertz CT molecular complexity index is 967. The van der Waals surface area contributed by atoms with Gasteiger partial charge in [-0.15, -0.1) is 0 Å². The van der Waals surface area contributed by atoms with Gasteiger partial charge in [0.25, 0.3) is 10.2 Å². The summed E-state index contributed by atoms with van der Waals surface area (Å²) in [6.45, 7) is 0.553. The lowest BCUT2D eigenvalue weighted by Gasteiger charge is -2.38. The zero-order chi connectivity index (χ0) is 19.6.